The quantitative estimate of drug-likeness (QED) is 0.206. The second-order valence-corrected chi connectivity index (χ2v) is 10.4. The molecule has 1 atom stereocenters. The first-order chi connectivity index (χ1) is 19.2. The fourth-order valence-corrected chi connectivity index (χ4v) is 5.50. The van der Waals surface area contributed by atoms with Crippen molar-refractivity contribution in [2.75, 3.05) is 18.4 Å². The van der Waals surface area contributed by atoms with Crippen molar-refractivity contribution < 1.29 is 13.2 Å². The first kappa shape index (κ1) is 29.5. The Morgan fingerprint density at radius 3 is 2.65 bits per heavy atom. The first-order valence-electron chi connectivity index (χ1n) is 14.1. The van der Waals surface area contributed by atoms with Crippen molar-refractivity contribution in [2.24, 2.45) is 5.92 Å². The highest BCUT2D eigenvalue weighted by molar-refractivity contribution is 5.92. The number of anilines is 1. The van der Waals surface area contributed by atoms with Gasteiger partial charge >= 0.3 is 6.18 Å². The molecule has 0 aliphatic heterocycles. The third-order valence-corrected chi connectivity index (χ3v) is 7.90. The molecule has 3 aromatic rings. The Kier molecular flexibility index (Phi) is 9.80. The minimum absolute atomic E-state index is 0.0171. The molecule has 2 aromatic heterocycles. The van der Waals surface area contributed by atoms with Crippen LogP contribution in [-0.4, -0.2) is 39.0 Å². The number of benzene rings is 1. The van der Waals surface area contributed by atoms with E-state index in [1.165, 1.54) is 31.5 Å². The zero-order valence-electron chi connectivity index (χ0n) is 23.6. The Balaban J connectivity index is 1.72. The number of rotatable bonds is 10. The van der Waals surface area contributed by atoms with Gasteiger partial charge in [0, 0.05) is 35.7 Å². The number of halogens is 3. The molecule has 1 aromatic carbocycles. The molecule has 1 aliphatic rings. The minimum atomic E-state index is -4.51. The highest BCUT2D eigenvalue weighted by Gasteiger charge is 2.34. The predicted molar refractivity (Wildman–Crippen MR) is 156 cm³/mol. The summed E-state index contributed by atoms with van der Waals surface area (Å²) >= 11 is 0. The zero-order valence-corrected chi connectivity index (χ0v) is 23.6. The van der Waals surface area contributed by atoms with Crippen LogP contribution >= 0.6 is 0 Å². The molecule has 1 aliphatic carbocycles. The molecular formula is C32H38F3N5. The number of alkyl halides is 3. The van der Waals surface area contributed by atoms with Gasteiger partial charge in [-0.05, 0) is 63.9 Å². The second kappa shape index (κ2) is 13.3. The molecule has 1 N–H and O–H groups in total. The Bertz CT molecular complexity index is 1370. The molecule has 0 bridgehead atoms. The van der Waals surface area contributed by atoms with Crippen molar-refractivity contribution in [3.63, 3.8) is 0 Å². The Morgan fingerprint density at radius 2 is 1.98 bits per heavy atom. The van der Waals surface area contributed by atoms with Crippen molar-refractivity contribution in [3.8, 4) is 23.6 Å². The van der Waals surface area contributed by atoms with E-state index in [-0.39, 0.29) is 11.6 Å². The van der Waals surface area contributed by atoms with Crippen LogP contribution in [0.5, 0.6) is 0 Å². The van der Waals surface area contributed by atoms with Crippen LogP contribution < -0.4 is 5.32 Å². The first-order valence-corrected chi connectivity index (χ1v) is 14.1. The van der Waals surface area contributed by atoms with E-state index in [1.807, 2.05) is 19.9 Å². The Hall–Kier alpha value is -3.44. The van der Waals surface area contributed by atoms with Crippen LogP contribution in [0.4, 0.5) is 19.0 Å². The van der Waals surface area contributed by atoms with Gasteiger partial charge in [0.1, 0.15) is 11.6 Å². The lowest BCUT2D eigenvalue weighted by molar-refractivity contribution is -0.137. The number of hydrogen-bond acceptors (Lipinski definition) is 5. The van der Waals surface area contributed by atoms with Crippen molar-refractivity contribution in [2.45, 2.75) is 78.1 Å². The predicted octanol–water partition coefficient (Wildman–Crippen LogP) is 7.88. The van der Waals surface area contributed by atoms with Crippen LogP contribution in [0, 0.1) is 18.3 Å². The summed E-state index contributed by atoms with van der Waals surface area (Å²) in [5, 5.41) is 4.20. The number of pyridine rings is 1. The van der Waals surface area contributed by atoms with Gasteiger partial charge in [0.05, 0.1) is 23.3 Å². The number of nitrogens with zero attached hydrogens (tertiary/aromatic N) is 4. The van der Waals surface area contributed by atoms with Gasteiger partial charge in [0.25, 0.3) is 0 Å². The summed E-state index contributed by atoms with van der Waals surface area (Å²) < 4.78 is 41.3. The van der Waals surface area contributed by atoms with Crippen LogP contribution in [0.1, 0.15) is 70.7 Å². The lowest BCUT2D eigenvalue weighted by atomic mass is 9.94. The Morgan fingerprint density at radius 1 is 1.20 bits per heavy atom. The van der Waals surface area contributed by atoms with E-state index >= 15 is 0 Å². The second-order valence-electron chi connectivity index (χ2n) is 10.4. The minimum Gasteiger partial charge on any atom is -0.369 e. The van der Waals surface area contributed by atoms with E-state index < -0.39 is 11.7 Å². The van der Waals surface area contributed by atoms with Crippen molar-refractivity contribution in [1.29, 1.82) is 0 Å². The number of fused-ring (bicyclic) bond motifs is 1. The molecule has 5 nitrogen and oxygen atoms in total. The summed E-state index contributed by atoms with van der Waals surface area (Å²) in [5.41, 5.74) is 1.22. The van der Waals surface area contributed by atoms with Crippen LogP contribution in [0.3, 0.4) is 0 Å². The summed E-state index contributed by atoms with van der Waals surface area (Å²) in [4.78, 5) is 16.3. The van der Waals surface area contributed by atoms with E-state index in [2.05, 4.69) is 28.0 Å². The molecule has 8 heteroatoms. The smallest absolute Gasteiger partial charge is 0.369 e. The van der Waals surface area contributed by atoms with Crippen molar-refractivity contribution in [1.82, 2.24) is 19.9 Å². The van der Waals surface area contributed by atoms with Gasteiger partial charge in [-0.3, -0.25) is 9.88 Å². The Labute approximate surface area is 235 Å². The van der Waals surface area contributed by atoms with Gasteiger partial charge in [0.15, 0.2) is 0 Å². The summed E-state index contributed by atoms with van der Waals surface area (Å²) in [6.45, 7) is 8.22. The van der Waals surface area contributed by atoms with E-state index in [0.29, 0.717) is 41.9 Å². The molecule has 1 fully saturated rings. The number of nitrogens with one attached hydrogen (secondary N) is 1. The summed E-state index contributed by atoms with van der Waals surface area (Å²) in [5.74, 6) is 4.18. The largest absolute Gasteiger partial charge is 0.418 e. The SMILES string of the molecule is C#CC(CCNc1nc(CN(CC)C2CCCCC2)nc2cc(-c3ncccc3C(F)(F)F)ccc12)/C(C)=C\C. The van der Waals surface area contributed by atoms with E-state index in [9.17, 15) is 13.2 Å². The third-order valence-electron chi connectivity index (χ3n) is 7.90. The number of aromatic nitrogens is 3. The van der Waals surface area contributed by atoms with Gasteiger partial charge in [-0.15, -0.1) is 6.42 Å². The molecular weight excluding hydrogens is 511 g/mol. The van der Waals surface area contributed by atoms with Gasteiger partial charge in [-0.2, -0.15) is 13.2 Å². The number of allylic oxidation sites excluding steroid dienone is 2. The average molecular weight is 550 g/mol. The molecule has 40 heavy (non-hydrogen) atoms. The molecule has 4 rings (SSSR count). The van der Waals surface area contributed by atoms with Crippen LogP contribution in [0.15, 0.2) is 48.2 Å². The lowest BCUT2D eigenvalue weighted by Gasteiger charge is -2.33. The van der Waals surface area contributed by atoms with Gasteiger partial charge in [0.2, 0.25) is 0 Å². The molecule has 1 unspecified atom stereocenters. The molecule has 0 radical (unpaired) electrons. The van der Waals surface area contributed by atoms with Gasteiger partial charge in [-0.1, -0.05) is 49.8 Å². The van der Waals surface area contributed by atoms with Crippen LogP contribution in [-0.2, 0) is 12.7 Å². The van der Waals surface area contributed by atoms with Crippen LogP contribution in [0.2, 0.25) is 0 Å². The maximum atomic E-state index is 13.8. The fourth-order valence-electron chi connectivity index (χ4n) is 5.50. The molecule has 0 amide bonds. The molecule has 212 valence electrons. The molecule has 0 spiro atoms. The standard InChI is InChI=1S/C32H38F3N5/c1-5-22(4)23(6-2)17-19-37-31-26-16-15-24(30-27(32(33,34)35)14-11-18-36-30)20-28(26)38-29(39-31)21-40(7-3)25-12-9-8-10-13-25/h2,5,11,14-16,18,20,23,25H,7-10,12-13,17,19,21H2,1,3-4H3,(H,37,38,39)/b22-5-. The molecule has 1 saturated carbocycles. The van der Waals surface area contributed by atoms with Crippen molar-refractivity contribution in [3.05, 3.63) is 59.6 Å². The topological polar surface area (TPSA) is 53.9 Å². The number of hydrogen-bond donors (Lipinski definition) is 1. The monoisotopic (exact) mass is 549 g/mol. The summed E-state index contributed by atoms with van der Waals surface area (Å²) in [6.07, 6.45) is 11.4. The van der Waals surface area contributed by atoms with E-state index in [1.54, 1.807) is 18.2 Å². The lowest BCUT2D eigenvalue weighted by Crippen LogP contribution is -2.36. The maximum absolute atomic E-state index is 13.8. The zero-order chi connectivity index (χ0) is 28.7. The van der Waals surface area contributed by atoms with Crippen LogP contribution in [0.25, 0.3) is 22.2 Å². The van der Waals surface area contributed by atoms with E-state index in [4.69, 9.17) is 16.4 Å². The number of terminal acetylenes is 1. The van der Waals surface area contributed by atoms with Gasteiger partial charge < -0.3 is 5.32 Å². The third kappa shape index (κ3) is 7.00. The molecule has 2 heterocycles. The highest BCUT2D eigenvalue weighted by Crippen LogP contribution is 2.37. The maximum Gasteiger partial charge on any atom is 0.418 e. The fraction of sp³-hybridized carbons (Fsp3) is 0.469. The van der Waals surface area contributed by atoms with E-state index in [0.717, 1.165) is 42.8 Å². The molecule has 0 saturated heterocycles. The normalized spacial score (nSPS) is 15.8. The summed E-state index contributed by atoms with van der Waals surface area (Å²) in [6, 6.07) is 7.98. The van der Waals surface area contributed by atoms with Gasteiger partial charge in [-0.25, -0.2) is 9.97 Å². The summed E-state index contributed by atoms with van der Waals surface area (Å²) in [7, 11) is 0. The van der Waals surface area contributed by atoms with Crippen molar-refractivity contribution >= 4 is 16.7 Å². The highest BCUT2D eigenvalue weighted by atomic mass is 19.4. The average Bonchev–Trinajstić information content (AvgIpc) is 2.97.